The van der Waals surface area contributed by atoms with E-state index in [1.807, 2.05) is 0 Å². The molecular formula is C22H28F6N2O2. The van der Waals surface area contributed by atoms with Crippen LogP contribution in [0.3, 0.4) is 0 Å². The number of halogens is 6. The van der Waals surface area contributed by atoms with Crippen LogP contribution in [0.25, 0.3) is 0 Å². The van der Waals surface area contributed by atoms with Crippen molar-refractivity contribution in [2.24, 2.45) is 11.3 Å². The third-order valence-corrected chi connectivity index (χ3v) is 6.47. The minimum absolute atomic E-state index is 0.0841. The van der Waals surface area contributed by atoms with Gasteiger partial charge in [-0.3, -0.25) is 4.79 Å². The number of amides is 1. The van der Waals surface area contributed by atoms with E-state index < -0.39 is 35.4 Å². The Kier molecular flexibility index (Phi) is 7.44. The molecule has 0 atom stereocenters. The van der Waals surface area contributed by atoms with Crippen molar-refractivity contribution in [2.45, 2.75) is 51.5 Å². The van der Waals surface area contributed by atoms with Crippen LogP contribution in [0.1, 0.15) is 49.3 Å². The number of nitrogens with zero attached hydrogens (tertiary/aromatic N) is 1. The summed E-state index contributed by atoms with van der Waals surface area (Å²) < 4.78 is 83.5. The minimum atomic E-state index is -4.91. The number of alkyl halides is 6. The largest absolute Gasteiger partial charge is 0.416 e. The Balaban J connectivity index is 1.59. The number of ether oxygens (including phenoxy) is 1. The number of hydrogen-bond donors (Lipinski definition) is 1. The summed E-state index contributed by atoms with van der Waals surface area (Å²) in [6, 6.07) is 1.38. The number of carbonyl (C=O) groups is 1. The molecule has 1 aromatic carbocycles. The number of hydrogen-bond acceptors (Lipinski definition) is 3. The average molecular weight is 466 g/mol. The molecule has 2 aliphatic rings. The van der Waals surface area contributed by atoms with Gasteiger partial charge in [0.15, 0.2) is 0 Å². The smallest absolute Gasteiger partial charge is 0.381 e. The van der Waals surface area contributed by atoms with E-state index in [2.05, 4.69) is 10.2 Å². The lowest BCUT2D eigenvalue weighted by Crippen LogP contribution is -2.48. The second-order valence-electron chi connectivity index (χ2n) is 9.01. The molecule has 180 valence electrons. The highest BCUT2D eigenvalue weighted by Gasteiger charge is 2.39. The Morgan fingerprint density at radius 2 is 1.56 bits per heavy atom. The Labute approximate surface area is 183 Å². The van der Waals surface area contributed by atoms with Crippen molar-refractivity contribution in [2.75, 3.05) is 32.8 Å². The van der Waals surface area contributed by atoms with Crippen molar-refractivity contribution >= 4 is 5.91 Å². The predicted molar refractivity (Wildman–Crippen MR) is 106 cm³/mol. The van der Waals surface area contributed by atoms with Crippen LogP contribution in [0.5, 0.6) is 0 Å². The number of benzene rings is 1. The van der Waals surface area contributed by atoms with Gasteiger partial charge in [0.05, 0.1) is 11.1 Å². The zero-order chi connectivity index (χ0) is 23.6. The standard InChI is InChI=1S/C22H28F6N2O2/c1-20(4-6-30(7-5-20)14-15-2-8-32-9-3-15)19(31)29-13-16-10-17(21(23,24)25)12-18(11-16)22(26,27)28/h10-12,15H,2-9,13-14H2,1H3,(H,29,31). The van der Waals surface area contributed by atoms with Crippen LogP contribution in [-0.4, -0.2) is 43.7 Å². The predicted octanol–water partition coefficient (Wildman–Crippen LogP) is 4.87. The molecule has 1 N–H and O–H groups in total. The van der Waals surface area contributed by atoms with E-state index in [0.29, 0.717) is 30.9 Å². The van der Waals surface area contributed by atoms with Crippen LogP contribution in [0, 0.1) is 11.3 Å². The maximum Gasteiger partial charge on any atom is 0.416 e. The summed E-state index contributed by atoms with van der Waals surface area (Å²) in [5.74, 6) is 0.222. The number of likely N-dealkylation sites (tertiary alicyclic amines) is 1. The molecule has 0 aromatic heterocycles. The molecule has 0 bridgehead atoms. The fraction of sp³-hybridized carbons (Fsp3) is 0.682. The zero-order valence-electron chi connectivity index (χ0n) is 17.9. The molecule has 0 unspecified atom stereocenters. The molecule has 1 amide bonds. The van der Waals surface area contributed by atoms with Crippen molar-refractivity contribution < 1.29 is 35.9 Å². The van der Waals surface area contributed by atoms with Crippen LogP contribution >= 0.6 is 0 Å². The molecule has 0 saturated carbocycles. The van der Waals surface area contributed by atoms with Gasteiger partial charge in [-0.2, -0.15) is 26.3 Å². The SMILES string of the molecule is CC1(C(=O)NCc2cc(C(F)(F)F)cc(C(F)(F)F)c2)CCN(CC2CCOCC2)CC1. The van der Waals surface area contributed by atoms with Crippen molar-refractivity contribution in [1.82, 2.24) is 10.2 Å². The van der Waals surface area contributed by atoms with E-state index in [9.17, 15) is 31.1 Å². The Bertz CT molecular complexity index is 762. The highest BCUT2D eigenvalue weighted by Crippen LogP contribution is 2.37. The highest BCUT2D eigenvalue weighted by molar-refractivity contribution is 5.82. The lowest BCUT2D eigenvalue weighted by Gasteiger charge is -2.40. The number of nitrogens with one attached hydrogen (secondary N) is 1. The average Bonchev–Trinajstić information content (AvgIpc) is 2.73. The highest BCUT2D eigenvalue weighted by atomic mass is 19.4. The fourth-order valence-electron chi connectivity index (χ4n) is 4.27. The molecule has 2 fully saturated rings. The van der Waals surface area contributed by atoms with Gasteiger partial charge in [-0.1, -0.05) is 6.92 Å². The number of carbonyl (C=O) groups excluding carboxylic acids is 1. The zero-order valence-corrected chi connectivity index (χ0v) is 17.9. The van der Waals surface area contributed by atoms with Gasteiger partial charge in [0, 0.05) is 31.7 Å². The monoisotopic (exact) mass is 466 g/mol. The van der Waals surface area contributed by atoms with Crippen molar-refractivity contribution in [3.63, 3.8) is 0 Å². The molecule has 0 aliphatic carbocycles. The maximum atomic E-state index is 13.0. The molecule has 0 spiro atoms. The van der Waals surface area contributed by atoms with E-state index >= 15 is 0 Å². The second-order valence-corrected chi connectivity index (χ2v) is 9.01. The molecule has 0 radical (unpaired) electrons. The van der Waals surface area contributed by atoms with Gasteiger partial charge in [-0.05, 0) is 68.5 Å². The fourth-order valence-corrected chi connectivity index (χ4v) is 4.27. The molecular weight excluding hydrogens is 438 g/mol. The lowest BCUT2D eigenvalue weighted by atomic mass is 9.79. The molecule has 2 saturated heterocycles. The molecule has 2 aliphatic heterocycles. The first-order valence-electron chi connectivity index (χ1n) is 10.7. The van der Waals surface area contributed by atoms with Gasteiger partial charge in [0.1, 0.15) is 0 Å². The quantitative estimate of drug-likeness (QED) is 0.630. The van der Waals surface area contributed by atoms with Crippen LogP contribution in [0.15, 0.2) is 18.2 Å². The second kappa shape index (κ2) is 9.59. The van der Waals surface area contributed by atoms with Gasteiger partial charge in [-0.15, -0.1) is 0 Å². The summed E-state index contributed by atoms with van der Waals surface area (Å²) in [7, 11) is 0. The van der Waals surface area contributed by atoms with E-state index in [0.717, 1.165) is 45.7 Å². The van der Waals surface area contributed by atoms with E-state index in [-0.39, 0.29) is 17.5 Å². The van der Waals surface area contributed by atoms with Crippen LogP contribution in [-0.2, 0) is 28.4 Å². The van der Waals surface area contributed by atoms with Gasteiger partial charge in [-0.25, -0.2) is 0 Å². The van der Waals surface area contributed by atoms with Crippen molar-refractivity contribution in [3.8, 4) is 0 Å². The van der Waals surface area contributed by atoms with Crippen LogP contribution in [0.4, 0.5) is 26.3 Å². The summed E-state index contributed by atoms with van der Waals surface area (Å²) in [6.45, 7) is 5.33. The van der Waals surface area contributed by atoms with Crippen molar-refractivity contribution in [3.05, 3.63) is 34.9 Å². The maximum absolute atomic E-state index is 13.0. The first-order chi connectivity index (χ1) is 14.9. The summed E-state index contributed by atoms with van der Waals surface area (Å²) in [5, 5.41) is 2.55. The summed E-state index contributed by atoms with van der Waals surface area (Å²) in [4.78, 5) is 15.1. The summed E-state index contributed by atoms with van der Waals surface area (Å²) >= 11 is 0. The minimum Gasteiger partial charge on any atom is -0.381 e. The first kappa shape index (κ1) is 24.8. The molecule has 4 nitrogen and oxygen atoms in total. The van der Waals surface area contributed by atoms with Gasteiger partial charge in [0.2, 0.25) is 5.91 Å². The number of piperidine rings is 1. The van der Waals surface area contributed by atoms with Crippen LogP contribution < -0.4 is 5.32 Å². The van der Waals surface area contributed by atoms with Gasteiger partial charge < -0.3 is 15.0 Å². The van der Waals surface area contributed by atoms with Crippen LogP contribution in [0.2, 0.25) is 0 Å². The summed E-state index contributed by atoms with van der Waals surface area (Å²) in [6.07, 6.45) is -6.63. The van der Waals surface area contributed by atoms with E-state index in [4.69, 9.17) is 4.74 Å². The number of rotatable bonds is 5. The molecule has 3 rings (SSSR count). The normalized spacial score (nSPS) is 20.8. The molecule has 10 heteroatoms. The summed E-state index contributed by atoms with van der Waals surface area (Å²) in [5.41, 5.74) is -3.71. The Morgan fingerprint density at radius 1 is 1.03 bits per heavy atom. The lowest BCUT2D eigenvalue weighted by molar-refractivity contribution is -0.143. The molecule has 1 aromatic rings. The Morgan fingerprint density at radius 3 is 2.06 bits per heavy atom. The van der Waals surface area contributed by atoms with Gasteiger partial charge in [0.25, 0.3) is 0 Å². The topological polar surface area (TPSA) is 41.6 Å². The third-order valence-electron chi connectivity index (χ3n) is 6.47. The van der Waals surface area contributed by atoms with E-state index in [1.165, 1.54) is 0 Å². The van der Waals surface area contributed by atoms with E-state index in [1.54, 1.807) is 6.92 Å². The van der Waals surface area contributed by atoms with Gasteiger partial charge >= 0.3 is 12.4 Å². The Hall–Kier alpha value is -1.81. The molecule has 32 heavy (non-hydrogen) atoms. The third kappa shape index (κ3) is 6.37. The molecule has 2 heterocycles. The van der Waals surface area contributed by atoms with Crippen molar-refractivity contribution in [1.29, 1.82) is 0 Å². The first-order valence-corrected chi connectivity index (χ1v) is 10.7.